The molecule has 1 aromatic carbocycles. The predicted molar refractivity (Wildman–Crippen MR) is 119 cm³/mol. The fourth-order valence-electron chi connectivity index (χ4n) is 2.96. The normalized spacial score (nSPS) is 11.3. The quantitative estimate of drug-likeness (QED) is 0.454. The molecule has 0 aliphatic heterocycles. The second-order valence-electron chi connectivity index (χ2n) is 6.92. The van der Waals surface area contributed by atoms with Gasteiger partial charge in [0, 0.05) is 50.9 Å². The van der Waals surface area contributed by atoms with E-state index in [1.165, 1.54) is 5.69 Å². The van der Waals surface area contributed by atoms with E-state index in [2.05, 4.69) is 32.8 Å². The smallest absolute Gasteiger partial charge is 0.219 e. The molecule has 0 spiro atoms. The molecule has 0 bridgehead atoms. The Bertz CT molecular complexity index is 966. The monoisotopic (exact) mass is 407 g/mol. The first-order valence-electron chi connectivity index (χ1n) is 9.95. The molecule has 0 aliphatic carbocycles. The first-order chi connectivity index (χ1) is 14.6. The van der Waals surface area contributed by atoms with E-state index in [0.29, 0.717) is 18.2 Å². The van der Waals surface area contributed by atoms with Gasteiger partial charge >= 0.3 is 0 Å². The molecule has 3 rings (SSSR count). The van der Waals surface area contributed by atoms with Crippen molar-refractivity contribution in [1.29, 1.82) is 0 Å². The van der Waals surface area contributed by atoms with E-state index >= 15 is 0 Å². The fraction of sp³-hybridized carbons (Fsp3) is 0.304. The van der Waals surface area contributed by atoms with Crippen LogP contribution >= 0.6 is 0 Å². The van der Waals surface area contributed by atoms with Gasteiger partial charge in [-0.25, -0.2) is 9.98 Å². The number of nitrogens with zero attached hydrogens (tertiary/aromatic N) is 4. The standard InChI is InChI=1S/C23H29N5O2/c1-5-24-23(28(3)17-19-8-7-13-27(19)2)26-16-18-11-12-22(25-15-18)30-21-10-6-9-20(14-21)29-4/h6-15H,5,16-17H2,1-4H3,(H,24,26). The van der Waals surface area contributed by atoms with Gasteiger partial charge in [-0.1, -0.05) is 12.1 Å². The van der Waals surface area contributed by atoms with E-state index in [4.69, 9.17) is 14.5 Å². The third-order valence-corrected chi connectivity index (χ3v) is 4.62. The minimum absolute atomic E-state index is 0.531. The lowest BCUT2D eigenvalue weighted by atomic mass is 10.3. The van der Waals surface area contributed by atoms with Crippen LogP contribution in [0.3, 0.4) is 0 Å². The van der Waals surface area contributed by atoms with E-state index in [-0.39, 0.29) is 0 Å². The summed E-state index contributed by atoms with van der Waals surface area (Å²) >= 11 is 0. The molecule has 0 saturated heterocycles. The van der Waals surface area contributed by atoms with Crippen molar-refractivity contribution < 1.29 is 9.47 Å². The lowest BCUT2D eigenvalue weighted by Gasteiger charge is -2.22. The molecular formula is C23H29N5O2. The molecule has 3 aromatic rings. The molecule has 1 N–H and O–H groups in total. The molecule has 7 heteroatoms. The van der Waals surface area contributed by atoms with Gasteiger partial charge < -0.3 is 24.3 Å². The Kier molecular flexibility index (Phi) is 7.32. The van der Waals surface area contributed by atoms with Gasteiger partial charge in [-0.2, -0.15) is 0 Å². The molecule has 158 valence electrons. The van der Waals surface area contributed by atoms with Gasteiger partial charge in [-0.05, 0) is 36.8 Å². The number of benzene rings is 1. The zero-order valence-electron chi connectivity index (χ0n) is 18.0. The Balaban J connectivity index is 1.63. The van der Waals surface area contributed by atoms with Crippen molar-refractivity contribution in [2.45, 2.75) is 20.0 Å². The maximum atomic E-state index is 5.80. The average molecular weight is 408 g/mol. The number of aliphatic imine (C=N–C) groups is 1. The number of nitrogens with one attached hydrogen (secondary N) is 1. The number of guanidine groups is 1. The molecule has 0 saturated carbocycles. The first kappa shape index (κ1) is 21.2. The van der Waals surface area contributed by atoms with Gasteiger partial charge in [0.15, 0.2) is 5.96 Å². The highest BCUT2D eigenvalue weighted by Crippen LogP contribution is 2.23. The number of hydrogen-bond acceptors (Lipinski definition) is 4. The Morgan fingerprint density at radius 3 is 2.67 bits per heavy atom. The lowest BCUT2D eigenvalue weighted by molar-refractivity contribution is 0.407. The van der Waals surface area contributed by atoms with Crippen molar-refractivity contribution in [1.82, 2.24) is 19.8 Å². The topological polar surface area (TPSA) is 63.9 Å². The summed E-state index contributed by atoms with van der Waals surface area (Å²) in [6, 6.07) is 15.4. The minimum Gasteiger partial charge on any atom is -0.497 e. The van der Waals surface area contributed by atoms with Gasteiger partial charge in [0.25, 0.3) is 0 Å². The largest absolute Gasteiger partial charge is 0.497 e. The van der Waals surface area contributed by atoms with E-state index < -0.39 is 0 Å². The number of hydrogen-bond donors (Lipinski definition) is 1. The van der Waals surface area contributed by atoms with Crippen LogP contribution in [-0.4, -0.2) is 41.1 Å². The summed E-state index contributed by atoms with van der Waals surface area (Å²) in [6.07, 6.45) is 3.84. The van der Waals surface area contributed by atoms with Crippen molar-refractivity contribution in [3.63, 3.8) is 0 Å². The molecule has 2 aromatic heterocycles. The van der Waals surface area contributed by atoms with Crippen LogP contribution < -0.4 is 14.8 Å². The SMILES string of the molecule is CCNC(=NCc1ccc(Oc2cccc(OC)c2)nc1)N(C)Cc1cccn1C. The highest BCUT2D eigenvalue weighted by Gasteiger charge is 2.08. The summed E-state index contributed by atoms with van der Waals surface area (Å²) in [4.78, 5) is 11.3. The molecular weight excluding hydrogens is 378 g/mol. The third kappa shape index (κ3) is 5.76. The second-order valence-corrected chi connectivity index (χ2v) is 6.92. The number of ether oxygens (including phenoxy) is 2. The van der Waals surface area contributed by atoms with Crippen LogP contribution in [0.5, 0.6) is 17.4 Å². The Morgan fingerprint density at radius 2 is 2.00 bits per heavy atom. The molecule has 30 heavy (non-hydrogen) atoms. The Hall–Kier alpha value is -3.48. The van der Waals surface area contributed by atoms with Crippen LogP contribution in [0, 0.1) is 0 Å². The summed E-state index contributed by atoms with van der Waals surface area (Å²) in [5.41, 5.74) is 2.24. The van der Waals surface area contributed by atoms with E-state index in [1.807, 2.05) is 62.8 Å². The molecule has 0 amide bonds. The van der Waals surface area contributed by atoms with Crippen molar-refractivity contribution in [2.24, 2.45) is 12.0 Å². The lowest BCUT2D eigenvalue weighted by Crippen LogP contribution is -2.38. The second kappa shape index (κ2) is 10.3. The van der Waals surface area contributed by atoms with Crippen LogP contribution in [0.25, 0.3) is 0 Å². The maximum Gasteiger partial charge on any atom is 0.219 e. The van der Waals surface area contributed by atoms with Crippen molar-refractivity contribution in [3.05, 3.63) is 72.2 Å². The Labute approximate surface area is 178 Å². The number of methoxy groups -OCH3 is 1. The van der Waals surface area contributed by atoms with Gasteiger partial charge in [0.1, 0.15) is 11.5 Å². The average Bonchev–Trinajstić information content (AvgIpc) is 3.16. The molecule has 0 aliphatic rings. The minimum atomic E-state index is 0.531. The number of aryl methyl sites for hydroxylation is 1. The number of aromatic nitrogens is 2. The van der Waals surface area contributed by atoms with Crippen molar-refractivity contribution in [2.75, 3.05) is 20.7 Å². The zero-order chi connectivity index (χ0) is 21.3. The fourth-order valence-corrected chi connectivity index (χ4v) is 2.96. The highest BCUT2D eigenvalue weighted by atomic mass is 16.5. The highest BCUT2D eigenvalue weighted by molar-refractivity contribution is 5.79. The molecule has 0 fully saturated rings. The van der Waals surface area contributed by atoms with Crippen LogP contribution in [0.2, 0.25) is 0 Å². The van der Waals surface area contributed by atoms with E-state index in [9.17, 15) is 0 Å². The predicted octanol–water partition coefficient (Wildman–Crippen LogP) is 3.82. The van der Waals surface area contributed by atoms with Crippen LogP contribution in [0.15, 0.2) is 65.9 Å². The molecule has 0 radical (unpaired) electrons. The van der Waals surface area contributed by atoms with Gasteiger partial charge in [0.05, 0.1) is 20.2 Å². The van der Waals surface area contributed by atoms with E-state index in [0.717, 1.165) is 30.4 Å². The first-order valence-corrected chi connectivity index (χ1v) is 9.95. The zero-order valence-corrected chi connectivity index (χ0v) is 18.0. The van der Waals surface area contributed by atoms with Crippen LogP contribution in [0.4, 0.5) is 0 Å². The summed E-state index contributed by atoms with van der Waals surface area (Å²) in [5, 5.41) is 3.35. The third-order valence-electron chi connectivity index (χ3n) is 4.62. The molecule has 0 atom stereocenters. The van der Waals surface area contributed by atoms with Crippen molar-refractivity contribution >= 4 is 5.96 Å². The van der Waals surface area contributed by atoms with Crippen molar-refractivity contribution in [3.8, 4) is 17.4 Å². The summed E-state index contributed by atoms with van der Waals surface area (Å²) in [6.45, 7) is 4.19. The van der Waals surface area contributed by atoms with E-state index in [1.54, 1.807) is 13.3 Å². The van der Waals surface area contributed by atoms with Gasteiger partial charge in [-0.15, -0.1) is 0 Å². The summed E-state index contributed by atoms with van der Waals surface area (Å²) < 4.78 is 13.1. The Morgan fingerprint density at radius 1 is 1.17 bits per heavy atom. The molecule has 7 nitrogen and oxygen atoms in total. The van der Waals surface area contributed by atoms with Crippen LogP contribution in [0.1, 0.15) is 18.2 Å². The summed E-state index contributed by atoms with van der Waals surface area (Å²) in [5.74, 6) is 2.82. The van der Waals surface area contributed by atoms with Gasteiger partial charge in [0.2, 0.25) is 5.88 Å². The van der Waals surface area contributed by atoms with Gasteiger partial charge in [-0.3, -0.25) is 0 Å². The number of pyridine rings is 1. The molecule has 2 heterocycles. The summed E-state index contributed by atoms with van der Waals surface area (Å²) in [7, 11) is 5.72. The van der Waals surface area contributed by atoms with Crippen LogP contribution in [-0.2, 0) is 20.1 Å². The number of rotatable bonds is 8. The maximum absolute atomic E-state index is 5.80. The molecule has 0 unspecified atom stereocenters.